The smallest absolute Gasteiger partial charge is 0.261 e. The number of thiophene rings is 1. The maximum absolute atomic E-state index is 12.6. The second kappa shape index (κ2) is 8.37. The molecule has 3 aromatic rings. The predicted molar refractivity (Wildman–Crippen MR) is 116 cm³/mol. The van der Waals surface area contributed by atoms with Crippen LogP contribution >= 0.6 is 11.3 Å². The number of hydrogen-bond acceptors (Lipinski definition) is 4. The molecule has 0 radical (unpaired) electrons. The van der Waals surface area contributed by atoms with E-state index in [2.05, 4.69) is 36.6 Å². The van der Waals surface area contributed by atoms with Gasteiger partial charge in [-0.3, -0.25) is 9.59 Å². The zero-order valence-corrected chi connectivity index (χ0v) is 17.6. The summed E-state index contributed by atoms with van der Waals surface area (Å²) in [5.41, 5.74) is 3.18. The van der Waals surface area contributed by atoms with Crippen LogP contribution in [0.1, 0.15) is 47.1 Å². The fourth-order valence-electron chi connectivity index (χ4n) is 3.46. The molecule has 0 spiro atoms. The minimum Gasteiger partial charge on any atom is -0.354 e. The highest BCUT2D eigenvalue weighted by atomic mass is 32.1. The molecule has 1 aromatic carbocycles. The Hall–Kier alpha value is -2.67. The Bertz CT molecular complexity index is 1030. The van der Waals surface area contributed by atoms with E-state index in [1.807, 2.05) is 22.9 Å². The van der Waals surface area contributed by atoms with E-state index in [1.54, 1.807) is 0 Å². The number of nitrogens with zero attached hydrogens (tertiary/aromatic N) is 2. The largest absolute Gasteiger partial charge is 0.354 e. The standard InChI is InChI=1S/C22H26N4O2S/c1-3-18-17-13-19(21(28)24-12-11-23-20(27)15-5-4-6-15)29-22(17)26(25-18)16-9-7-14(2)8-10-16/h7-10,13,15H,3-6,11-12H2,1-2H3,(H,23,27)(H,24,28). The lowest BCUT2D eigenvalue weighted by Gasteiger charge is -2.23. The minimum atomic E-state index is -0.110. The number of aromatic nitrogens is 2. The average molecular weight is 411 g/mol. The number of carbonyl (C=O) groups is 2. The third-order valence-corrected chi connectivity index (χ3v) is 6.57. The topological polar surface area (TPSA) is 76.0 Å². The third-order valence-electron chi connectivity index (χ3n) is 5.46. The van der Waals surface area contributed by atoms with E-state index in [-0.39, 0.29) is 17.7 Å². The monoisotopic (exact) mass is 410 g/mol. The Morgan fingerprint density at radius 1 is 1.17 bits per heavy atom. The van der Waals surface area contributed by atoms with Crippen LogP contribution in [-0.4, -0.2) is 34.7 Å². The van der Waals surface area contributed by atoms with Crippen LogP contribution in [0.2, 0.25) is 0 Å². The highest BCUT2D eigenvalue weighted by Gasteiger charge is 2.24. The Kier molecular flexibility index (Phi) is 5.67. The molecule has 2 heterocycles. The van der Waals surface area contributed by atoms with Crippen molar-refractivity contribution in [1.82, 2.24) is 20.4 Å². The van der Waals surface area contributed by atoms with Crippen LogP contribution in [0.3, 0.4) is 0 Å². The van der Waals surface area contributed by atoms with Crippen LogP contribution < -0.4 is 10.6 Å². The van der Waals surface area contributed by atoms with Crippen LogP contribution in [0.15, 0.2) is 30.3 Å². The number of carbonyl (C=O) groups excluding carboxylic acids is 2. The first-order chi connectivity index (χ1) is 14.1. The molecule has 0 bridgehead atoms. The van der Waals surface area contributed by atoms with Gasteiger partial charge in [-0.15, -0.1) is 11.3 Å². The van der Waals surface area contributed by atoms with Crippen LogP contribution in [0.5, 0.6) is 0 Å². The van der Waals surface area contributed by atoms with E-state index in [0.29, 0.717) is 18.0 Å². The van der Waals surface area contributed by atoms with E-state index in [1.165, 1.54) is 16.9 Å². The zero-order valence-electron chi connectivity index (χ0n) is 16.8. The average Bonchev–Trinajstić information content (AvgIpc) is 3.24. The van der Waals surface area contributed by atoms with Crippen molar-refractivity contribution in [2.75, 3.05) is 13.1 Å². The molecular weight excluding hydrogens is 384 g/mol. The fraction of sp³-hybridized carbons (Fsp3) is 0.409. The van der Waals surface area contributed by atoms with Crippen molar-refractivity contribution < 1.29 is 9.59 Å². The van der Waals surface area contributed by atoms with Gasteiger partial charge < -0.3 is 10.6 Å². The molecule has 29 heavy (non-hydrogen) atoms. The van der Waals surface area contributed by atoms with E-state index in [9.17, 15) is 9.59 Å². The number of nitrogens with one attached hydrogen (secondary N) is 2. The lowest BCUT2D eigenvalue weighted by molar-refractivity contribution is -0.127. The van der Waals surface area contributed by atoms with Crippen LogP contribution in [0.25, 0.3) is 15.9 Å². The van der Waals surface area contributed by atoms with Gasteiger partial charge in [0.1, 0.15) is 4.83 Å². The van der Waals surface area contributed by atoms with Crippen LogP contribution in [0.4, 0.5) is 0 Å². The SMILES string of the molecule is CCc1nn(-c2ccc(C)cc2)c2sc(C(=O)NCCNC(=O)C3CCC3)cc12. The maximum atomic E-state index is 12.6. The highest BCUT2D eigenvalue weighted by Crippen LogP contribution is 2.31. The molecule has 0 aliphatic heterocycles. The second-order valence-electron chi connectivity index (χ2n) is 7.55. The number of fused-ring (bicyclic) bond motifs is 1. The number of amides is 2. The molecule has 2 N–H and O–H groups in total. The molecule has 152 valence electrons. The van der Waals surface area contributed by atoms with Gasteiger partial charge in [-0.25, -0.2) is 4.68 Å². The molecule has 6 nitrogen and oxygen atoms in total. The van der Waals surface area contributed by atoms with Gasteiger partial charge in [0.2, 0.25) is 5.91 Å². The van der Waals surface area contributed by atoms with Crippen molar-refractivity contribution >= 4 is 33.4 Å². The van der Waals surface area contributed by atoms with Gasteiger partial charge in [0.05, 0.1) is 16.3 Å². The lowest BCUT2D eigenvalue weighted by Crippen LogP contribution is -2.39. The fourth-order valence-corrected chi connectivity index (χ4v) is 4.53. The van der Waals surface area contributed by atoms with Gasteiger partial charge in [0.25, 0.3) is 5.91 Å². The number of rotatable bonds is 7. The van der Waals surface area contributed by atoms with E-state index < -0.39 is 0 Å². The summed E-state index contributed by atoms with van der Waals surface area (Å²) in [6.45, 7) is 5.02. The van der Waals surface area contributed by atoms with Crippen molar-refractivity contribution in [3.05, 3.63) is 46.5 Å². The van der Waals surface area contributed by atoms with Gasteiger partial charge in [-0.1, -0.05) is 31.0 Å². The second-order valence-corrected chi connectivity index (χ2v) is 8.58. The van der Waals surface area contributed by atoms with Crippen molar-refractivity contribution in [1.29, 1.82) is 0 Å². The Morgan fingerprint density at radius 2 is 1.90 bits per heavy atom. The van der Waals surface area contributed by atoms with Gasteiger partial charge in [0, 0.05) is 24.4 Å². The molecule has 7 heteroatoms. The van der Waals surface area contributed by atoms with Gasteiger partial charge in [-0.2, -0.15) is 5.10 Å². The summed E-state index contributed by atoms with van der Waals surface area (Å²) in [6, 6.07) is 10.1. The normalized spacial score (nSPS) is 14.0. The predicted octanol–water partition coefficient (Wildman–Crippen LogP) is 3.60. The lowest BCUT2D eigenvalue weighted by atomic mass is 9.85. The number of aryl methyl sites for hydroxylation is 2. The molecule has 2 aromatic heterocycles. The summed E-state index contributed by atoms with van der Waals surface area (Å²) in [6.07, 6.45) is 3.91. The molecule has 0 unspecified atom stereocenters. The van der Waals surface area contributed by atoms with Crippen molar-refractivity contribution in [2.45, 2.75) is 39.5 Å². The number of benzene rings is 1. The first kappa shape index (κ1) is 19.6. The summed E-state index contributed by atoms with van der Waals surface area (Å²) in [5, 5.41) is 11.6. The minimum absolute atomic E-state index is 0.109. The summed E-state index contributed by atoms with van der Waals surface area (Å²) >= 11 is 1.45. The third kappa shape index (κ3) is 4.05. The molecule has 1 fully saturated rings. The summed E-state index contributed by atoms with van der Waals surface area (Å²) in [7, 11) is 0. The van der Waals surface area contributed by atoms with Crippen LogP contribution in [0, 0.1) is 12.8 Å². The Morgan fingerprint density at radius 3 is 2.55 bits per heavy atom. The molecule has 1 saturated carbocycles. The first-order valence-corrected chi connectivity index (χ1v) is 11.0. The zero-order chi connectivity index (χ0) is 20.4. The van der Waals surface area contributed by atoms with E-state index in [0.717, 1.165) is 47.3 Å². The quantitative estimate of drug-likeness (QED) is 0.584. The van der Waals surface area contributed by atoms with Crippen molar-refractivity contribution in [3.8, 4) is 5.69 Å². The maximum Gasteiger partial charge on any atom is 0.261 e. The Labute approximate surface area is 174 Å². The first-order valence-electron chi connectivity index (χ1n) is 10.2. The molecule has 4 rings (SSSR count). The molecule has 1 aliphatic carbocycles. The Balaban J connectivity index is 1.45. The summed E-state index contributed by atoms with van der Waals surface area (Å²) < 4.78 is 1.92. The van der Waals surface area contributed by atoms with E-state index >= 15 is 0 Å². The van der Waals surface area contributed by atoms with Gasteiger partial charge >= 0.3 is 0 Å². The molecular formula is C22H26N4O2S. The molecule has 2 amide bonds. The highest BCUT2D eigenvalue weighted by molar-refractivity contribution is 7.20. The van der Waals surface area contributed by atoms with Crippen molar-refractivity contribution in [2.24, 2.45) is 5.92 Å². The molecule has 0 atom stereocenters. The number of hydrogen-bond donors (Lipinski definition) is 2. The molecule has 1 aliphatic rings. The van der Waals surface area contributed by atoms with Gasteiger partial charge in [0.15, 0.2) is 0 Å². The van der Waals surface area contributed by atoms with Crippen molar-refractivity contribution in [3.63, 3.8) is 0 Å². The molecule has 0 saturated heterocycles. The summed E-state index contributed by atoms with van der Waals surface area (Å²) in [4.78, 5) is 26.1. The van der Waals surface area contributed by atoms with Gasteiger partial charge in [-0.05, 0) is 44.4 Å². The van der Waals surface area contributed by atoms with E-state index in [4.69, 9.17) is 5.10 Å². The summed E-state index contributed by atoms with van der Waals surface area (Å²) in [5.74, 6) is 0.172. The van der Waals surface area contributed by atoms with Crippen LogP contribution in [-0.2, 0) is 11.2 Å².